The van der Waals surface area contributed by atoms with Crippen LogP contribution in [0.3, 0.4) is 0 Å². The molecule has 1 aromatic rings. The van der Waals surface area contributed by atoms with Crippen molar-refractivity contribution in [1.82, 2.24) is 5.32 Å². The van der Waals surface area contributed by atoms with E-state index in [0.717, 1.165) is 30.9 Å². The molecule has 5 heteroatoms. The van der Waals surface area contributed by atoms with Crippen LogP contribution in [-0.4, -0.2) is 38.8 Å². The number of carbonyl (C=O) groups excluding carboxylic acids is 1. The molecule has 1 aliphatic rings. The minimum Gasteiger partial charge on any atom is -0.491 e. The molecule has 0 saturated carbocycles. The van der Waals surface area contributed by atoms with Crippen LogP contribution in [0.4, 0.5) is 5.69 Å². The molecule has 1 heterocycles. The van der Waals surface area contributed by atoms with E-state index in [2.05, 4.69) is 10.6 Å². The first-order chi connectivity index (χ1) is 9.28. The molecule has 0 bridgehead atoms. The van der Waals surface area contributed by atoms with Gasteiger partial charge in [-0.2, -0.15) is 0 Å². The predicted molar refractivity (Wildman–Crippen MR) is 73.5 cm³/mol. The average molecular weight is 264 g/mol. The summed E-state index contributed by atoms with van der Waals surface area (Å²) < 4.78 is 11.2. The van der Waals surface area contributed by atoms with E-state index in [9.17, 15) is 4.79 Å². The van der Waals surface area contributed by atoms with E-state index in [-0.39, 0.29) is 18.6 Å². The van der Waals surface area contributed by atoms with Gasteiger partial charge in [-0.05, 0) is 25.0 Å². The van der Waals surface area contributed by atoms with Crippen LogP contribution in [0, 0.1) is 0 Å². The number of likely N-dealkylation sites (N-methyl/N-ethyl adjacent to an activating group) is 1. The first-order valence-corrected chi connectivity index (χ1v) is 6.57. The summed E-state index contributed by atoms with van der Waals surface area (Å²) >= 11 is 0. The SMILES string of the molecule is CNC(=O)CNc1cccc(OCC2CCCO2)c1. The van der Waals surface area contributed by atoms with Crippen LogP contribution in [0.25, 0.3) is 0 Å². The molecule has 1 fully saturated rings. The number of ether oxygens (including phenoxy) is 2. The van der Waals surface area contributed by atoms with E-state index in [4.69, 9.17) is 9.47 Å². The highest BCUT2D eigenvalue weighted by molar-refractivity contribution is 5.80. The number of hydrogen-bond donors (Lipinski definition) is 2. The molecule has 1 aliphatic heterocycles. The zero-order valence-corrected chi connectivity index (χ0v) is 11.1. The van der Waals surface area contributed by atoms with Gasteiger partial charge in [0.25, 0.3) is 0 Å². The van der Waals surface area contributed by atoms with Crippen molar-refractivity contribution in [1.29, 1.82) is 0 Å². The highest BCUT2D eigenvalue weighted by Crippen LogP contribution is 2.19. The largest absolute Gasteiger partial charge is 0.491 e. The number of carbonyl (C=O) groups is 1. The molecule has 1 saturated heterocycles. The fourth-order valence-corrected chi connectivity index (χ4v) is 1.93. The Bertz CT molecular complexity index is 417. The second-order valence-electron chi connectivity index (χ2n) is 4.50. The minimum absolute atomic E-state index is 0.0503. The Morgan fingerprint density at radius 2 is 2.42 bits per heavy atom. The van der Waals surface area contributed by atoms with Crippen molar-refractivity contribution in [3.63, 3.8) is 0 Å². The number of hydrogen-bond acceptors (Lipinski definition) is 4. The van der Waals surface area contributed by atoms with Crippen LogP contribution < -0.4 is 15.4 Å². The minimum atomic E-state index is -0.0503. The van der Waals surface area contributed by atoms with Gasteiger partial charge in [0.05, 0.1) is 12.6 Å². The molecule has 0 radical (unpaired) electrons. The standard InChI is InChI=1S/C14H20N2O3/c1-15-14(17)9-16-11-4-2-5-12(8-11)19-10-13-6-3-7-18-13/h2,4-5,8,13,16H,3,6-7,9-10H2,1H3,(H,15,17). The smallest absolute Gasteiger partial charge is 0.239 e. The third-order valence-electron chi connectivity index (χ3n) is 3.03. The quantitative estimate of drug-likeness (QED) is 0.815. The summed E-state index contributed by atoms with van der Waals surface area (Å²) in [5, 5.41) is 5.60. The molecule has 1 atom stereocenters. The monoisotopic (exact) mass is 264 g/mol. The van der Waals surface area contributed by atoms with E-state index in [0.29, 0.717) is 6.61 Å². The first kappa shape index (κ1) is 13.7. The number of nitrogens with one attached hydrogen (secondary N) is 2. The van der Waals surface area contributed by atoms with Gasteiger partial charge in [0.15, 0.2) is 0 Å². The van der Waals surface area contributed by atoms with Gasteiger partial charge < -0.3 is 20.1 Å². The lowest BCUT2D eigenvalue weighted by Crippen LogP contribution is -2.26. The van der Waals surface area contributed by atoms with E-state index in [1.807, 2.05) is 24.3 Å². The summed E-state index contributed by atoms with van der Waals surface area (Å²) in [6.07, 6.45) is 2.39. The highest BCUT2D eigenvalue weighted by Gasteiger charge is 2.15. The second kappa shape index (κ2) is 6.99. The van der Waals surface area contributed by atoms with Crippen LogP contribution in [0.5, 0.6) is 5.75 Å². The van der Waals surface area contributed by atoms with Crippen LogP contribution in [0.15, 0.2) is 24.3 Å². The number of amides is 1. The Hall–Kier alpha value is -1.75. The maximum absolute atomic E-state index is 11.1. The van der Waals surface area contributed by atoms with E-state index in [1.165, 1.54) is 0 Å². The number of anilines is 1. The third-order valence-corrected chi connectivity index (χ3v) is 3.03. The van der Waals surface area contributed by atoms with Gasteiger partial charge in [0.2, 0.25) is 5.91 Å². The van der Waals surface area contributed by atoms with Crippen LogP contribution >= 0.6 is 0 Å². The number of rotatable bonds is 6. The zero-order chi connectivity index (χ0) is 13.5. The van der Waals surface area contributed by atoms with Gasteiger partial charge in [-0.1, -0.05) is 6.07 Å². The molecular weight excluding hydrogens is 244 g/mol. The summed E-state index contributed by atoms with van der Waals surface area (Å²) in [6, 6.07) is 7.59. The fourth-order valence-electron chi connectivity index (χ4n) is 1.93. The average Bonchev–Trinajstić information content (AvgIpc) is 2.96. The number of benzene rings is 1. The van der Waals surface area contributed by atoms with Crippen LogP contribution in [0.2, 0.25) is 0 Å². The fraction of sp³-hybridized carbons (Fsp3) is 0.500. The molecule has 104 valence electrons. The summed E-state index contributed by atoms with van der Waals surface area (Å²) in [5.74, 6) is 0.739. The van der Waals surface area contributed by atoms with Gasteiger partial charge in [-0.3, -0.25) is 4.79 Å². The Morgan fingerprint density at radius 1 is 1.53 bits per heavy atom. The van der Waals surface area contributed by atoms with Crippen molar-refractivity contribution in [2.24, 2.45) is 0 Å². The Balaban J connectivity index is 1.82. The highest BCUT2D eigenvalue weighted by atomic mass is 16.5. The van der Waals surface area contributed by atoms with Crippen molar-refractivity contribution in [2.45, 2.75) is 18.9 Å². The lowest BCUT2D eigenvalue weighted by Gasteiger charge is -2.12. The lowest BCUT2D eigenvalue weighted by atomic mass is 10.2. The maximum atomic E-state index is 11.1. The Morgan fingerprint density at radius 3 is 3.16 bits per heavy atom. The summed E-state index contributed by atoms with van der Waals surface area (Å²) in [5.41, 5.74) is 0.869. The molecule has 2 rings (SSSR count). The van der Waals surface area contributed by atoms with Crippen molar-refractivity contribution < 1.29 is 14.3 Å². The molecule has 5 nitrogen and oxygen atoms in total. The predicted octanol–water partition coefficient (Wildman–Crippen LogP) is 1.40. The van der Waals surface area contributed by atoms with Crippen molar-refractivity contribution >= 4 is 11.6 Å². The van der Waals surface area contributed by atoms with Gasteiger partial charge in [0.1, 0.15) is 12.4 Å². The van der Waals surface area contributed by atoms with E-state index >= 15 is 0 Å². The second-order valence-corrected chi connectivity index (χ2v) is 4.50. The molecule has 0 aromatic heterocycles. The Labute approximate surface area is 113 Å². The molecule has 2 N–H and O–H groups in total. The topological polar surface area (TPSA) is 59.6 Å². The maximum Gasteiger partial charge on any atom is 0.239 e. The molecule has 0 spiro atoms. The lowest BCUT2D eigenvalue weighted by molar-refractivity contribution is -0.118. The van der Waals surface area contributed by atoms with E-state index < -0.39 is 0 Å². The first-order valence-electron chi connectivity index (χ1n) is 6.57. The molecule has 1 unspecified atom stereocenters. The van der Waals surface area contributed by atoms with Gasteiger partial charge in [-0.15, -0.1) is 0 Å². The molecule has 0 aliphatic carbocycles. The van der Waals surface area contributed by atoms with Gasteiger partial charge in [0, 0.05) is 25.4 Å². The zero-order valence-electron chi connectivity index (χ0n) is 11.1. The normalized spacial score (nSPS) is 18.1. The Kier molecular flexibility index (Phi) is 5.03. The summed E-state index contributed by atoms with van der Waals surface area (Å²) in [7, 11) is 1.62. The summed E-state index contributed by atoms with van der Waals surface area (Å²) in [6.45, 7) is 1.67. The molecule has 1 amide bonds. The third kappa shape index (κ3) is 4.44. The van der Waals surface area contributed by atoms with Gasteiger partial charge in [-0.25, -0.2) is 0 Å². The van der Waals surface area contributed by atoms with Crippen molar-refractivity contribution in [2.75, 3.05) is 32.1 Å². The van der Waals surface area contributed by atoms with Crippen LogP contribution in [-0.2, 0) is 9.53 Å². The van der Waals surface area contributed by atoms with Crippen LogP contribution in [0.1, 0.15) is 12.8 Å². The molecule has 19 heavy (non-hydrogen) atoms. The van der Waals surface area contributed by atoms with Crippen molar-refractivity contribution in [3.05, 3.63) is 24.3 Å². The van der Waals surface area contributed by atoms with Gasteiger partial charge >= 0.3 is 0 Å². The molecular formula is C14H20N2O3. The van der Waals surface area contributed by atoms with Crippen molar-refractivity contribution in [3.8, 4) is 5.75 Å². The molecule has 1 aromatic carbocycles. The van der Waals surface area contributed by atoms with E-state index in [1.54, 1.807) is 7.05 Å². The summed E-state index contributed by atoms with van der Waals surface area (Å²) in [4.78, 5) is 11.1.